The summed E-state index contributed by atoms with van der Waals surface area (Å²) in [5, 5.41) is 21.5. The van der Waals surface area contributed by atoms with Crippen LogP contribution in [0.2, 0.25) is 0 Å². The van der Waals surface area contributed by atoms with Crippen molar-refractivity contribution in [1.29, 1.82) is 5.26 Å². The van der Waals surface area contributed by atoms with E-state index in [-0.39, 0.29) is 5.84 Å². The van der Waals surface area contributed by atoms with E-state index in [1.807, 2.05) is 23.7 Å². The molecular formula is C13H10N6OS. The number of rotatable bonds is 2. The highest BCUT2D eigenvalue weighted by atomic mass is 32.2. The van der Waals surface area contributed by atoms with Crippen LogP contribution in [-0.2, 0) is 6.42 Å². The molecule has 0 atom stereocenters. The zero-order chi connectivity index (χ0) is 14.7. The lowest BCUT2D eigenvalue weighted by Gasteiger charge is -2.19. The molecule has 0 fully saturated rings. The van der Waals surface area contributed by atoms with Gasteiger partial charge in [0.25, 0.3) is 0 Å². The second-order valence-corrected chi connectivity index (χ2v) is 5.25. The van der Waals surface area contributed by atoms with E-state index in [1.54, 1.807) is 30.3 Å². The highest BCUT2D eigenvalue weighted by Crippen LogP contribution is 2.41. The number of nitrogens with one attached hydrogen (secondary N) is 2. The number of aliphatic imine (C=N–C) groups is 1. The van der Waals surface area contributed by atoms with Crippen molar-refractivity contribution in [3.05, 3.63) is 36.2 Å². The number of nitrogens with zero attached hydrogens (tertiary/aromatic N) is 4. The number of hydrogen-bond donors (Lipinski definition) is 3. The Bertz CT molecular complexity index is 755. The lowest BCUT2D eigenvalue weighted by atomic mass is 10.1. The Morgan fingerprint density at radius 1 is 1.43 bits per heavy atom. The fourth-order valence-corrected chi connectivity index (χ4v) is 2.83. The Kier molecular flexibility index (Phi) is 3.68. The highest BCUT2D eigenvalue weighted by molar-refractivity contribution is 7.99. The summed E-state index contributed by atoms with van der Waals surface area (Å²) in [5.41, 5.74) is 3.75. The largest absolute Gasteiger partial charge is 0.337 e. The van der Waals surface area contributed by atoms with Crippen molar-refractivity contribution in [3.8, 4) is 6.19 Å². The average Bonchev–Trinajstić information content (AvgIpc) is 2.52. The van der Waals surface area contributed by atoms with E-state index < -0.39 is 0 Å². The zero-order valence-corrected chi connectivity index (χ0v) is 11.6. The van der Waals surface area contributed by atoms with Crippen LogP contribution in [0.5, 0.6) is 0 Å². The molecule has 0 unspecified atom stereocenters. The van der Waals surface area contributed by atoms with Crippen molar-refractivity contribution < 1.29 is 5.21 Å². The van der Waals surface area contributed by atoms with Gasteiger partial charge in [-0.15, -0.1) is 0 Å². The monoisotopic (exact) mass is 298 g/mol. The second-order valence-electron chi connectivity index (χ2n) is 4.21. The normalized spacial score (nSPS) is 12.7. The van der Waals surface area contributed by atoms with Gasteiger partial charge in [-0.25, -0.2) is 9.97 Å². The number of anilines is 2. The third-order valence-electron chi connectivity index (χ3n) is 2.85. The second kappa shape index (κ2) is 5.78. The first kappa shape index (κ1) is 13.4. The smallest absolute Gasteiger partial charge is 0.207 e. The fourth-order valence-electron chi connectivity index (χ4n) is 1.95. The van der Waals surface area contributed by atoms with E-state index in [2.05, 4.69) is 20.3 Å². The molecule has 8 heteroatoms. The average molecular weight is 298 g/mol. The third-order valence-corrected chi connectivity index (χ3v) is 3.92. The molecule has 0 saturated heterocycles. The van der Waals surface area contributed by atoms with Gasteiger partial charge in [0.05, 0.1) is 5.69 Å². The number of nitriles is 1. The summed E-state index contributed by atoms with van der Waals surface area (Å²) in [7, 11) is 0. The molecule has 104 valence electrons. The number of fused-ring (bicyclic) bond motifs is 2. The van der Waals surface area contributed by atoms with Crippen LogP contribution in [-0.4, -0.2) is 21.0 Å². The minimum atomic E-state index is 0.195. The molecule has 1 aliphatic heterocycles. The fraction of sp³-hybridized carbons (Fsp3) is 0.0769. The Balaban J connectivity index is 1.87. The first-order chi connectivity index (χ1) is 10.3. The van der Waals surface area contributed by atoms with Gasteiger partial charge in [-0.1, -0.05) is 17.8 Å². The van der Waals surface area contributed by atoms with Crippen molar-refractivity contribution in [2.24, 2.45) is 4.99 Å². The number of benzene rings is 1. The van der Waals surface area contributed by atoms with Crippen molar-refractivity contribution in [2.45, 2.75) is 16.3 Å². The van der Waals surface area contributed by atoms with Crippen LogP contribution >= 0.6 is 11.8 Å². The standard InChI is InChI=1S/C13H10N6OS/c14-7-17-11(19-20)6-8-1-2-10-9(5-8)18-12-13(21-10)16-4-3-15-12/h1-5,20H,6H2,(H,15,18)(H,17,19). The van der Waals surface area contributed by atoms with Crippen molar-refractivity contribution in [1.82, 2.24) is 15.4 Å². The van der Waals surface area contributed by atoms with Gasteiger partial charge in [-0.3, -0.25) is 10.7 Å². The molecule has 1 aromatic heterocycles. The van der Waals surface area contributed by atoms with E-state index in [0.29, 0.717) is 6.42 Å². The van der Waals surface area contributed by atoms with Crippen LogP contribution in [0, 0.1) is 11.5 Å². The van der Waals surface area contributed by atoms with Gasteiger partial charge in [0.2, 0.25) is 6.19 Å². The van der Waals surface area contributed by atoms with Crippen LogP contribution in [0.25, 0.3) is 0 Å². The topological polar surface area (TPSA) is 106 Å². The number of aromatic nitrogens is 2. The number of amidine groups is 1. The molecule has 2 aromatic rings. The van der Waals surface area contributed by atoms with Crippen LogP contribution in [0.3, 0.4) is 0 Å². The molecule has 0 spiro atoms. The Hall–Kier alpha value is -2.63. The summed E-state index contributed by atoms with van der Waals surface area (Å²) in [5.74, 6) is 0.916. The number of hydrogen-bond acceptors (Lipinski definition) is 7. The maximum Gasteiger partial charge on any atom is 0.207 e. The highest BCUT2D eigenvalue weighted by Gasteiger charge is 2.17. The molecule has 7 nitrogen and oxygen atoms in total. The zero-order valence-electron chi connectivity index (χ0n) is 10.7. The molecule has 0 amide bonds. The Morgan fingerprint density at radius 2 is 2.29 bits per heavy atom. The van der Waals surface area contributed by atoms with E-state index in [9.17, 15) is 0 Å². The van der Waals surface area contributed by atoms with E-state index >= 15 is 0 Å². The summed E-state index contributed by atoms with van der Waals surface area (Å²) in [6, 6.07) is 5.81. The van der Waals surface area contributed by atoms with Gasteiger partial charge in [-0.05, 0) is 17.7 Å². The third kappa shape index (κ3) is 2.79. The molecule has 0 radical (unpaired) electrons. The lowest BCUT2D eigenvalue weighted by molar-refractivity contribution is 0.232. The molecule has 0 bridgehead atoms. The molecule has 3 N–H and O–H groups in total. The van der Waals surface area contributed by atoms with Crippen molar-refractivity contribution >= 4 is 29.1 Å². The van der Waals surface area contributed by atoms with Crippen LogP contribution < -0.4 is 10.8 Å². The predicted octanol–water partition coefficient (Wildman–Crippen LogP) is 2.09. The minimum Gasteiger partial charge on any atom is -0.337 e. The Morgan fingerprint density at radius 3 is 3.10 bits per heavy atom. The summed E-state index contributed by atoms with van der Waals surface area (Å²) < 4.78 is 0. The maximum absolute atomic E-state index is 8.92. The Labute approximate surface area is 124 Å². The molecular weight excluding hydrogens is 288 g/mol. The first-order valence-corrected chi connectivity index (χ1v) is 6.86. The summed E-state index contributed by atoms with van der Waals surface area (Å²) in [4.78, 5) is 13.1. The maximum atomic E-state index is 8.92. The molecule has 0 saturated carbocycles. The first-order valence-electron chi connectivity index (χ1n) is 6.04. The number of hydroxylamine groups is 1. The summed E-state index contributed by atoms with van der Waals surface area (Å²) in [6.07, 6.45) is 5.26. The van der Waals surface area contributed by atoms with Gasteiger partial charge < -0.3 is 5.32 Å². The minimum absolute atomic E-state index is 0.195. The van der Waals surface area contributed by atoms with Gasteiger partial charge >= 0.3 is 0 Å². The molecule has 21 heavy (non-hydrogen) atoms. The van der Waals surface area contributed by atoms with E-state index in [4.69, 9.17) is 10.5 Å². The van der Waals surface area contributed by atoms with Crippen LogP contribution in [0.15, 0.2) is 45.5 Å². The molecule has 1 aliphatic rings. The molecule has 2 heterocycles. The van der Waals surface area contributed by atoms with Gasteiger partial charge in [0.15, 0.2) is 5.82 Å². The van der Waals surface area contributed by atoms with Crippen LogP contribution in [0.4, 0.5) is 11.5 Å². The SMILES string of the molecule is N#CN=C(Cc1ccc2c(c1)Nc1nccnc1S2)NO. The molecule has 3 rings (SSSR count). The summed E-state index contributed by atoms with van der Waals surface area (Å²) in [6.45, 7) is 0. The van der Waals surface area contributed by atoms with Crippen LogP contribution in [0.1, 0.15) is 5.56 Å². The quantitative estimate of drug-likeness (QED) is 0.288. The lowest BCUT2D eigenvalue weighted by Crippen LogP contribution is -2.21. The van der Waals surface area contributed by atoms with Gasteiger partial charge in [0, 0.05) is 23.7 Å². The predicted molar refractivity (Wildman–Crippen MR) is 77.6 cm³/mol. The molecule has 1 aromatic carbocycles. The van der Waals surface area contributed by atoms with E-state index in [1.165, 1.54) is 0 Å². The van der Waals surface area contributed by atoms with E-state index in [0.717, 1.165) is 27.0 Å². The van der Waals surface area contributed by atoms with Gasteiger partial charge in [0.1, 0.15) is 10.9 Å². The molecule has 0 aliphatic carbocycles. The van der Waals surface area contributed by atoms with Crippen molar-refractivity contribution in [3.63, 3.8) is 0 Å². The van der Waals surface area contributed by atoms with Crippen molar-refractivity contribution in [2.75, 3.05) is 5.32 Å². The summed E-state index contributed by atoms with van der Waals surface area (Å²) >= 11 is 1.54. The van der Waals surface area contributed by atoms with Gasteiger partial charge in [-0.2, -0.15) is 10.3 Å².